The van der Waals surface area contributed by atoms with Gasteiger partial charge in [-0.2, -0.15) is 0 Å². The van der Waals surface area contributed by atoms with Crippen molar-refractivity contribution in [2.45, 2.75) is 45.6 Å². The second-order valence-electron chi connectivity index (χ2n) is 7.27. The highest BCUT2D eigenvalue weighted by Crippen LogP contribution is 2.24. The van der Waals surface area contributed by atoms with Crippen molar-refractivity contribution in [2.24, 2.45) is 0 Å². The summed E-state index contributed by atoms with van der Waals surface area (Å²) in [5.74, 6) is 1.87. The van der Waals surface area contributed by atoms with Crippen LogP contribution in [0.1, 0.15) is 39.0 Å². The standard InChI is InChI=1S/C26H32NO2/c1-2-21-28-25-14-10-23(11-15-25)24-12-16-26(17-13-24)29-22-9-4-3-6-18-27-19-7-5-8-20-27/h5,7-8,10-17,19-20H,2-4,6,9,18,21-22H2,1H3/q+1. The molecular formula is C26H32NO2+. The Hall–Kier alpha value is -2.81. The lowest BCUT2D eigenvalue weighted by Gasteiger charge is -2.08. The number of hydrogen-bond acceptors (Lipinski definition) is 2. The molecule has 0 saturated carbocycles. The van der Waals surface area contributed by atoms with Gasteiger partial charge >= 0.3 is 0 Å². The summed E-state index contributed by atoms with van der Waals surface area (Å²) in [5.41, 5.74) is 2.38. The van der Waals surface area contributed by atoms with E-state index in [0.29, 0.717) is 0 Å². The number of aromatic nitrogens is 1. The summed E-state index contributed by atoms with van der Waals surface area (Å²) in [5, 5.41) is 0. The van der Waals surface area contributed by atoms with Gasteiger partial charge in [0.2, 0.25) is 0 Å². The molecule has 0 aliphatic rings. The van der Waals surface area contributed by atoms with Crippen molar-refractivity contribution in [2.75, 3.05) is 13.2 Å². The molecule has 0 N–H and O–H groups in total. The number of hydrogen-bond donors (Lipinski definition) is 0. The zero-order chi connectivity index (χ0) is 20.2. The van der Waals surface area contributed by atoms with Crippen molar-refractivity contribution in [1.82, 2.24) is 0 Å². The Labute approximate surface area is 174 Å². The van der Waals surface area contributed by atoms with Gasteiger partial charge in [-0.15, -0.1) is 0 Å². The van der Waals surface area contributed by atoms with E-state index in [1.54, 1.807) is 0 Å². The molecule has 1 heterocycles. The lowest BCUT2D eigenvalue weighted by atomic mass is 10.1. The summed E-state index contributed by atoms with van der Waals surface area (Å²) in [7, 11) is 0. The molecule has 0 unspecified atom stereocenters. The van der Waals surface area contributed by atoms with Crippen LogP contribution in [-0.2, 0) is 6.54 Å². The topological polar surface area (TPSA) is 22.3 Å². The third-order valence-electron chi connectivity index (χ3n) is 4.87. The summed E-state index contributed by atoms with van der Waals surface area (Å²) >= 11 is 0. The fourth-order valence-corrected chi connectivity index (χ4v) is 3.23. The van der Waals surface area contributed by atoms with Gasteiger partial charge in [0.25, 0.3) is 0 Å². The Balaban J connectivity index is 1.34. The first-order chi connectivity index (χ1) is 14.3. The molecule has 0 aliphatic carbocycles. The van der Waals surface area contributed by atoms with Gasteiger partial charge in [-0.25, -0.2) is 4.57 Å². The van der Waals surface area contributed by atoms with Crippen LogP contribution in [0.2, 0.25) is 0 Å². The van der Waals surface area contributed by atoms with Crippen LogP contribution >= 0.6 is 0 Å². The highest BCUT2D eigenvalue weighted by Gasteiger charge is 2.01. The van der Waals surface area contributed by atoms with Crippen LogP contribution in [0.5, 0.6) is 11.5 Å². The molecule has 3 nitrogen and oxygen atoms in total. The second-order valence-corrected chi connectivity index (χ2v) is 7.27. The molecule has 0 aliphatic heterocycles. The van der Waals surface area contributed by atoms with Gasteiger partial charge in [0.05, 0.1) is 13.2 Å². The van der Waals surface area contributed by atoms with Gasteiger partial charge in [0.1, 0.15) is 18.0 Å². The SMILES string of the molecule is CCCOc1ccc(-c2ccc(OCCCCCC[n+]3ccccc3)cc2)cc1. The number of aryl methyl sites for hydroxylation is 1. The predicted molar refractivity (Wildman–Crippen MR) is 118 cm³/mol. The highest BCUT2D eigenvalue weighted by molar-refractivity contribution is 5.64. The molecule has 29 heavy (non-hydrogen) atoms. The minimum Gasteiger partial charge on any atom is -0.494 e. The third kappa shape index (κ3) is 7.26. The quantitative estimate of drug-likeness (QED) is 0.277. The fraction of sp³-hybridized carbons (Fsp3) is 0.346. The summed E-state index contributed by atoms with van der Waals surface area (Å²) < 4.78 is 13.8. The maximum Gasteiger partial charge on any atom is 0.168 e. The predicted octanol–water partition coefficient (Wildman–Crippen LogP) is 6.07. The number of benzene rings is 2. The smallest absolute Gasteiger partial charge is 0.168 e. The Morgan fingerprint density at radius 1 is 0.621 bits per heavy atom. The molecule has 152 valence electrons. The first-order valence-corrected chi connectivity index (χ1v) is 10.8. The first kappa shape index (κ1) is 20.9. The molecule has 3 rings (SSSR count). The summed E-state index contributed by atoms with van der Waals surface area (Å²) in [4.78, 5) is 0. The van der Waals surface area contributed by atoms with E-state index in [9.17, 15) is 0 Å². The summed E-state index contributed by atoms with van der Waals surface area (Å²) in [6.45, 7) is 4.75. The molecule has 0 amide bonds. The number of pyridine rings is 1. The van der Waals surface area contributed by atoms with Gasteiger partial charge in [-0.3, -0.25) is 0 Å². The van der Waals surface area contributed by atoms with Crippen LogP contribution in [0, 0.1) is 0 Å². The molecule has 0 atom stereocenters. The summed E-state index contributed by atoms with van der Waals surface area (Å²) in [6.07, 6.45) is 10.0. The van der Waals surface area contributed by atoms with Gasteiger partial charge in [0, 0.05) is 18.6 Å². The molecule has 1 aromatic heterocycles. The average Bonchev–Trinajstić information content (AvgIpc) is 2.78. The molecule has 0 saturated heterocycles. The number of nitrogens with zero attached hydrogens (tertiary/aromatic N) is 1. The van der Waals surface area contributed by atoms with Gasteiger partial charge in [-0.05, 0) is 61.1 Å². The molecule has 3 aromatic rings. The van der Waals surface area contributed by atoms with Crippen LogP contribution in [0.4, 0.5) is 0 Å². The molecule has 0 radical (unpaired) electrons. The van der Waals surface area contributed by atoms with E-state index in [1.165, 1.54) is 30.4 Å². The molecule has 0 fully saturated rings. The van der Waals surface area contributed by atoms with Crippen LogP contribution in [0.3, 0.4) is 0 Å². The molecular weight excluding hydrogens is 358 g/mol. The number of unbranched alkanes of at least 4 members (excludes halogenated alkanes) is 3. The third-order valence-corrected chi connectivity index (χ3v) is 4.87. The normalized spacial score (nSPS) is 10.7. The average molecular weight is 391 g/mol. The van der Waals surface area contributed by atoms with Gasteiger partial charge in [-0.1, -0.05) is 37.3 Å². The lowest BCUT2D eigenvalue weighted by Crippen LogP contribution is -2.32. The van der Waals surface area contributed by atoms with E-state index >= 15 is 0 Å². The minimum atomic E-state index is 0.761. The lowest BCUT2D eigenvalue weighted by molar-refractivity contribution is -0.697. The van der Waals surface area contributed by atoms with Gasteiger partial charge in [0.15, 0.2) is 12.4 Å². The molecule has 0 bridgehead atoms. The highest BCUT2D eigenvalue weighted by atomic mass is 16.5. The summed E-state index contributed by atoms with van der Waals surface area (Å²) in [6, 6.07) is 22.8. The molecule has 2 aromatic carbocycles. The van der Waals surface area contributed by atoms with Crippen molar-refractivity contribution in [3.63, 3.8) is 0 Å². The largest absolute Gasteiger partial charge is 0.494 e. The van der Waals surface area contributed by atoms with E-state index in [4.69, 9.17) is 9.47 Å². The van der Waals surface area contributed by atoms with E-state index in [-0.39, 0.29) is 0 Å². The zero-order valence-corrected chi connectivity index (χ0v) is 17.4. The van der Waals surface area contributed by atoms with Crippen molar-refractivity contribution in [3.8, 4) is 22.6 Å². The van der Waals surface area contributed by atoms with Crippen molar-refractivity contribution in [1.29, 1.82) is 0 Å². The van der Waals surface area contributed by atoms with Crippen LogP contribution in [-0.4, -0.2) is 13.2 Å². The van der Waals surface area contributed by atoms with E-state index < -0.39 is 0 Å². The van der Waals surface area contributed by atoms with E-state index in [1.807, 2.05) is 12.1 Å². The van der Waals surface area contributed by atoms with E-state index in [2.05, 4.69) is 78.5 Å². The number of rotatable bonds is 12. The monoisotopic (exact) mass is 390 g/mol. The Morgan fingerprint density at radius 3 is 1.76 bits per heavy atom. The maximum absolute atomic E-state index is 5.90. The second kappa shape index (κ2) is 11.9. The van der Waals surface area contributed by atoms with Crippen molar-refractivity contribution < 1.29 is 14.0 Å². The van der Waals surface area contributed by atoms with Crippen molar-refractivity contribution >= 4 is 0 Å². The zero-order valence-electron chi connectivity index (χ0n) is 17.4. The van der Waals surface area contributed by atoms with E-state index in [0.717, 1.165) is 44.1 Å². The Bertz CT molecular complexity index is 814. The van der Waals surface area contributed by atoms with Crippen LogP contribution in [0.15, 0.2) is 79.1 Å². The van der Waals surface area contributed by atoms with Gasteiger partial charge < -0.3 is 9.47 Å². The molecule has 3 heteroatoms. The van der Waals surface area contributed by atoms with Crippen LogP contribution < -0.4 is 14.0 Å². The van der Waals surface area contributed by atoms with Crippen LogP contribution in [0.25, 0.3) is 11.1 Å². The van der Waals surface area contributed by atoms with Crippen molar-refractivity contribution in [3.05, 3.63) is 79.1 Å². The Morgan fingerprint density at radius 2 is 1.17 bits per heavy atom. The Kier molecular flexibility index (Phi) is 8.58. The maximum atomic E-state index is 5.90. The minimum absolute atomic E-state index is 0.761. The number of ether oxygens (including phenoxy) is 2. The fourth-order valence-electron chi connectivity index (χ4n) is 3.23. The molecule has 0 spiro atoms. The first-order valence-electron chi connectivity index (χ1n) is 10.8.